The van der Waals surface area contributed by atoms with E-state index in [4.69, 9.17) is 0 Å². The first-order valence-corrected chi connectivity index (χ1v) is 8.86. The summed E-state index contributed by atoms with van der Waals surface area (Å²) in [6, 6.07) is 8.06. The number of hydrogen-bond donors (Lipinski definition) is 1. The van der Waals surface area contributed by atoms with Crippen molar-refractivity contribution in [2.45, 2.75) is 43.1 Å². The molecule has 116 valence electrons. The lowest BCUT2D eigenvalue weighted by Crippen LogP contribution is -2.22. The first-order chi connectivity index (χ1) is 10.5. The van der Waals surface area contributed by atoms with Crippen molar-refractivity contribution in [3.63, 3.8) is 0 Å². The summed E-state index contributed by atoms with van der Waals surface area (Å²) in [6.07, 6.45) is 2.35. The molecule has 0 bridgehead atoms. The molecule has 1 atom stereocenters. The van der Waals surface area contributed by atoms with E-state index in [-0.39, 0.29) is 11.2 Å². The molecule has 1 fully saturated rings. The molecule has 5 nitrogen and oxygen atoms in total. The Kier molecular flexibility index (Phi) is 4.54. The second kappa shape index (κ2) is 6.42. The van der Waals surface area contributed by atoms with Crippen LogP contribution < -0.4 is 5.32 Å². The van der Waals surface area contributed by atoms with Crippen LogP contribution >= 0.6 is 27.7 Å². The summed E-state index contributed by atoms with van der Waals surface area (Å²) in [6.45, 7) is 3.85. The number of nitrogens with zero attached hydrogens (tertiary/aromatic N) is 3. The molecule has 1 N–H and O–H groups in total. The Morgan fingerprint density at radius 2 is 2.05 bits per heavy atom. The Bertz CT molecular complexity index is 681. The van der Waals surface area contributed by atoms with E-state index >= 15 is 0 Å². The van der Waals surface area contributed by atoms with Crippen LogP contribution in [0.25, 0.3) is 0 Å². The quantitative estimate of drug-likeness (QED) is 0.801. The summed E-state index contributed by atoms with van der Waals surface area (Å²) in [5.74, 6) is 0.890. The van der Waals surface area contributed by atoms with Gasteiger partial charge in [-0.15, -0.1) is 10.2 Å². The minimum Gasteiger partial charge on any atom is -0.325 e. The zero-order valence-electron chi connectivity index (χ0n) is 12.4. The standard InChI is InChI=1S/C15H17BrN4OS/c1-9(14(21)17-12-5-3-11(16)4-6-12)22-15-19-18-10(2)20(15)13-7-8-13/h3-6,9,13H,7-8H2,1-2H3,(H,17,21)/t9-/m0/s1. The number of carbonyl (C=O) groups excluding carboxylic acids is 1. The fraction of sp³-hybridized carbons (Fsp3) is 0.400. The van der Waals surface area contributed by atoms with Crippen molar-refractivity contribution in [3.8, 4) is 0 Å². The van der Waals surface area contributed by atoms with E-state index in [1.807, 2.05) is 38.1 Å². The molecule has 7 heteroatoms. The fourth-order valence-corrected chi connectivity index (χ4v) is 3.40. The summed E-state index contributed by atoms with van der Waals surface area (Å²) in [5.41, 5.74) is 0.792. The molecule has 3 rings (SSSR count). The van der Waals surface area contributed by atoms with Gasteiger partial charge in [-0.1, -0.05) is 27.7 Å². The van der Waals surface area contributed by atoms with Gasteiger partial charge in [0.1, 0.15) is 5.82 Å². The highest BCUT2D eigenvalue weighted by atomic mass is 79.9. The zero-order valence-corrected chi connectivity index (χ0v) is 14.8. The molecule has 1 aliphatic rings. The molecular weight excluding hydrogens is 364 g/mol. The minimum absolute atomic E-state index is 0.0321. The van der Waals surface area contributed by atoms with Gasteiger partial charge in [0, 0.05) is 16.2 Å². The van der Waals surface area contributed by atoms with Crippen molar-refractivity contribution >= 4 is 39.3 Å². The third-order valence-corrected chi connectivity index (χ3v) is 5.10. The lowest BCUT2D eigenvalue weighted by atomic mass is 10.3. The Balaban J connectivity index is 1.65. The maximum absolute atomic E-state index is 12.3. The third kappa shape index (κ3) is 3.52. The highest BCUT2D eigenvalue weighted by molar-refractivity contribution is 9.10. The van der Waals surface area contributed by atoms with E-state index < -0.39 is 0 Å². The Morgan fingerprint density at radius 3 is 2.68 bits per heavy atom. The molecule has 0 aliphatic heterocycles. The maximum atomic E-state index is 12.3. The minimum atomic E-state index is -0.232. The Labute approximate surface area is 142 Å². The fourth-order valence-electron chi connectivity index (χ4n) is 2.17. The molecule has 1 aromatic carbocycles. The molecule has 1 saturated carbocycles. The number of aromatic nitrogens is 3. The van der Waals surface area contributed by atoms with Gasteiger partial charge >= 0.3 is 0 Å². The first-order valence-electron chi connectivity index (χ1n) is 7.19. The average molecular weight is 381 g/mol. The van der Waals surface area contributed by atoms with Crippen LogP contribution in [0.1, 0.15) is 31.6 Å². The van der Waals surface area contributed by atoms with Gasteiger partial charge in [0.05, 0.1) is 5.25 Å². The maximum Gasteiger partial charge on any atom is 0.237 e. The molecule has 0 radical (unpaired) electrons. The second-order valence-corrected chi connectivity index (χ2v) is 7.61. The number of hydrogen-bond acceptors (Lipinski definition) is 4. The van der Waals surface area contributed by atoms with Crippen molar-refractivity contribution in [1.29, 1.82) is 0 Å². The number of aryl methyl sites for hydroxylation is 1. The predicted molar refractivity (Wildman–Crippen MR) is 91.1 cm³/mol. The number of carbonyl (C=O) groups is 1. The molecule has 2 aromatic rings. The van der Waals surface area contributed by atoms with E-state index in [1.54, 1.807) is 0 Å². The molecule has 0 spiro atoms. The van der Waals surface area contributed by atoms with Gasteiger partial charge in [0.25, 0.3) is 0 Å². The number of benzene rings is 1. The van der Waals surface area contributed by atoms with E-state index in [1.165, 1.54) is 24.6 Å². The van der Waals surface area contributed by atoms with Crippen LogP contribution in [0.2, 0.25) is 0 Å². The van der Waals surface area contributed by atoms with Gasteiger partial charge in [0.15, 0.2) is 5.16 Å². The van der Waals surface area contributed by atoms with Gasteiger partial charge in [-0.3, -0.25) is 4.79 Å². The van der Waals surface area contributed by atoms with Crippen LogP contribution in [0.15, 0.2) is 33.9 Å². The van der Waals surface area contributed by atoms with Gasteiger partial charge in [-0.2, -0.15) is 0 Å². The van der Waals surface area contributed by atoms with Gasteiger partial charge in [-0.05, 0) is 51.0 Å². The van der Waals surface area contributed by atoms with Crippen LogP contribution in [0.5, 0.6) is 0 Å². The van der Waals surface area contributed by atoms with Gasteiger partial charge in [-0.25, -0.2) is 0 Å². The lowest BCUT2D eigenvalue weighted by Gasteiger charge is -2.12. The third-order valence-electron chi connectivity index (χ3n) is 3.51. The number of halogens is 1. The molecule has 1 aromatic heterocycles. The van der Waals surface area contributed by atoms with Crippen molar-refractivity contribution in [1.82, 2.24) is 14.8 Å². The van der Waals surface area contributed by atoms with Crippen LogP contribution in [-0.4, -0.2) is 25.9 Å². The summed E-state index contributed by atoms with van der Waals surface area (Å²) in [7, 11) is 0. The number of thioether (sulfide) groups is 1. The summed E-state index contributed by atoms with van der Waals surface area (Å²) in [5, 5.41) is 11.9. The topological polar surface area (TPSA) is 59.8 Å². The van der Waals surface area contributed by atoms with Crippen molar-refractivity contribution < 1.29 is 4.79 Å². The van der Waals surface area contributed by atoms with Crippen LogP contribution in [0.4, 0.5) is 5.69 Å². The second-order valence-electron chi connectivity index (χ2n) is 5.39. The molecular formula is C15H17BrN4OS. The summed E-state index contributed by atoms with van der Waals surface area (Å²) < 4.78 is 3.13. The normalized spacial score (nSPS) is 15.6. The largest absolute Gasteiger partial charge is 0.325 e. The zero-order chi connectivity index (χ0) is 15.7. The molecule has 1 heterocycles. The smallest absolute Gasteiger partial charge is 0.237 e. The molecule has 0 saturated heterocycles. The lowest BCUT2D eigenvalue weighted by molar-refractivity contribution is -0.115. The van der Waals surface area contributed by atoms with Crippen molar-refractivity contribution in [2.24, 2.45) is 0 Å². The van der Waals surface area contributed by atoms with Crippen molar-refractivity contribution in [3.05, 3.63) is 34.6 Å². The molecule has 1 aliphatic carbocycles. The van der Waals surface area contributed by atoms with Gasteiger partial charge < -0.3 is 9.88 Å². The van der Waals surface area contributed by atoms with Crippen LogP contribution in [0.3, 0.4) is 0 Å². The van der Waals surface area contributed by atoms with E-state index in [2.05, 4.69) is 36.0 Å². The number of rotatable bonds is 5. The summed E-state index contributed by atoms with van der Waals surface area (Å²) in [4.78, 5) is 12.3. The Morgan fingerprint density at radius 1 is 1.36 bits per heavy atom. The van der Waals surface area contributed by atoms with E-state index in [0.717, 1.165) is 21.1 Å². The monoisotopic (exact) mass is 380 g/mol. The average Bonchev–Trinajstić information content (AvgIpc) is 3.26. The van der Waals surface area contributed by atoms with Crippen LogP contribution in [0, 0.1) is 6.92 Å². The van der Waals surface area contributed by atoms with Crippen molar-refractivity contribution in [2.75, 3.05) is 5.32 Å². The van der Waals surface area contributed by atoms with E-state index in [0.29, 0.717) is 6.04 Å². The highest BCUT2D eigenvalue weighted by Crippen LogP contribution is 2.39. The van der Waals surface area contributed by atoms with Gasteiger partial charge in [0.2, 0.25) is 5.91 Å². The first kappa shape index (κ1) is 15.6. The number of nitrogens with one attached hydrogen (secondary N) is 1. The van der Waals surface area contributed by atoms with Crippen LogP contribution in [-0.2, 0) is 4.79 Å². The molecule has 22 heavy (non-hydrogen) atoms. The predicted octanol–water partition coefficient (Wildman–Crippen LogP) is 3.80. The highest BCUT2D eigenvalue weighted by Gasteiger charge is 2.29. The van der Waals surface area contributed by atoms with E-state index in [9.17, 15) is 4.79 Å². The number of amides is 1. The SMILES string of the molecule is Cc1nnc(S[C@@H](C)C(=O)Nc2ccc(Br)cc2)n1C1CC1. The molecule has 1 amide bonds. The molecule has 0 unspecified atom stereocenters. The summed E-state index contributed by atoms with van der Waals surface area (Å²) >= 11 is 4.84. The number of anilines is 1. The Hall–Kier alpha value is -1.34.